The van der Waals surface area contributed by atoms with Crippen LogP contribution in [0, 0.1) is 0 Å². The van der Waals surface area contributed by atoms with E-state index in [1.54, 1.807) is 0 Å². The molecule has 33 heavy (non-hydrogen) atoms. The van der Waals surface area contributed by atoms with Crippen molar-refractivity contribution in [3.63, 3.8) is 0 Å². The Kier molecular flexibility index (Phi) is 7.87. The first-order valence-corrected chi connectivity index (χ1v) is 11.7. The van der Waals surface area contributed by atoms with E-state index < -0.39 is 78.1 Å². The van der Waals surface area contributed by atoms with Crippen molar-refractivity contribution in [3.05, 3.63) is 35.4 Å². The van der Waals surface area contributed by atoms with Crippen LogP contribution < -0.4 is 0 Å². The largest absolute Gasteiger partial charge is 0.534 e. The Hall–Kier alpha value is -2.04. The maximum atomic E-state index is 14.4. The molecule has 17 heteroatoms. The molecule has 0 aliphatic heterocycles. The van der Waals surface area contributed by atoms with Crippen molar-refractivity contribution < 1.29 is 64.9 Å². The van der Waals surface area contributed by atoms with Gasteiger partial charge in [0.15, 0.2) is 15.6 Å². The number of benzene rings is 1. The molecule has 0 fully saturated rings. The highest BCUT2D eigenvalue weighted by atomic mass is 32.2. The van der Waals surface area contributed by atoms with Crippen molar-refractivity contribution in [2.24, 2.45) is 0 Å². The number of sulfone groups is 1. The van der Waals surface area contributed by atoms with Crippen molar-refractivity contribution in [1.82, 2.24) is 0 Å². The first kappa shape index (κ1) is 29.0. The van der Waals surface area contributed by atoms with Gasteiger partial charge in [0.05, 0.1) is 4.90 Å². The molecule has 1 rings (SSSR count). The average molecular weight is 540 g/mol. The minimum absolute atomic E-state index is 0.412. The summed E-state index contributed by atoms with van der Waals surface area (Å²) in [6.07, 6.45) is -8.33. The van der Waals surface area contributed by atoms with Gasteiger partial charge in [-0.2, -0.15) is 52.3 Å². The fraction of sp³-hybridized carbons (Fsp3) is 0.500. The van der Waals surface area contributed by atoms with Crippen LogP contribution in [0.25, 0.3) is 5.76 Å². The summed E-state index contributed by atoms with van der Waals surface area (Å²) in [5, 5.41) is 0. The number of allylic oxidation sites excluding steroid dienone is 1. The minimum Gasteiger partial charge on any atom is -0.375 e. The lowest BCUT2D eigenvalue weighted by molar-refractivity contribution is -0.344. The topological polar surface area (TPSA) is 77.5 Å². The third-order valence-electron chi connectivity index (χ3n) is 3.92. The SMILES string of the molecule is CCC/C(=C(/OS(=O)(=O)C(F)(F)F)c1ccc(S(C)(=O)=O)cc1)C(F)(F)C(F)(F)C(F)(F)F. The van der Waals surface area contributed by atoms with Gasteiger partial charge in [-0.15, -0.1) is 0 Å². The van der Waals surface area contributed by atoms with Gasteiger partial charge in [0.25, 0.3) is 0 Å². The first-order chi connectivity index (χ1) is 14.5. The molecule has 1 aromatic carbocycles. The molecule has 0 aliphatic carbocycles. The number of hydrogen-bond donors (Lipinski definition) is 0. The van der Waals surface area contributed by atoms with Crippen LogP contribution in [0.5, 0.6) is 0 Å². The molecule has 0 bridgehead atoms. The van der Waals surface area contributed by atoms with Crippen LogP contribution in [0.1, 0.15) is 25.3 Å². The highest BCUT2D eigenvalue weighted by molar-refractivity contribution is 7.90. The lowest BCUT2D eigenvalue weighted by atomic mass is 9.94. The molecular formula is C16H14F10O5S2. The van der Waals surface area contributed by atoms with Gasteiger partial charge >= 0.3 is 33.6 Å². The second kappa shape index (κ2) is 8.96. The summed E-state index contributed by atoms with van der Waals surface area (Å²) in [6.45, 7) is 0.977. The second-order valence-corrected chi connectivity index (χ2v) is 10.0. The van der Waals surface area contributed by atoms with E-state index in [0.717, 1.165) is 6.92 Å². The highest BCUT2D eigenvalue weighted by Crippen LogP contribution is 2.52. The third kappa shape index (κ3) is 5.91. The van der Waals surface area contributed by atoms with Gasteiger partial charge in [-0.3, -0.25) is 0 Å². The highest BCUT2D eigenvalue weighted by Gasteiger charge is 2.74. The third-order valence-corrected chi connectivity index (χ3v) is 6.01. The summed E-state index contributed by atoms with van der Waals surface area (Å²) in [6, 6.07) is 1.96. The molecule has 0 N–H and O–H groups in total. The van der Waals surface area contributed by atoms with Crippen molar-refractivity contribution >= 4 is 25.7 Å². The normalized spacial score (nSPS) is 15.3. The predicted molar refractivity (Wildman–Crippen MR) is 93.4 cm³/mol. The molecule has 1 aromatic rings. The molecule has 0 saturated heterocycles. The van der Waals surface area contributed by atoms with E-state index in [9.17, 15) is 60.7 Å². The summed E-state index contributed by atoms with van der Waals surface area (Å²) >= 11 is 0. The van der Waals surface area contributed by atoms with Crippen molar-refractivity contribution in [2.45, 2.75) is 48.2 Å². The van der Waals surface area contributed by atoms with Gasteiger partial charge in [0, 0.05) is 17.4 Å². The zero-order valence-electron chi connectivity index (χ0n) is 16.4. The van der Waals surface area contributed by atoms with Crippen molar-refractivity contribution in [2.75, 3.05) is 6.26 Å². The summed E-state index contributed by atoms with van der Waals surface area (Å²) in [7, 11) is -10.8. The quantitative estimate of drug-likeness (QED) is 0.194. The van der Waals surface area contributed by atoms with Gasteiger partial charge in [-0.1, -0.05) is 13.3 Å². The van der Waals surface area contributed by atoms with Crippen molar-refractivity contribution in [3.8, 4) is 0 Å². The zero-order chi connectivity index (χ0) is 26.3. The van der Waals surface area contributed by atoms with Gasteiger partial charge in [0.1, 0.15) is 0 Å². The van der Waals surface area contributed by atoms with E-state index in [1.807, 2.05) is 0 Å². The summed E-state index contributed by atoms with van der Waals surface area (Å²) in [5.41, 5.74) is -9.80. The molecule has 5 nitrogen and oxygen atoms in total. The van der Waals surface area contributed by atoms with Gasteiger partial charge in [-0.25, -0.2) is 8.42 Å². The van der Waals surface area contributed by atoms with E-state index in [0.29, 0.717) is 30.5 Å². The Balaban J connectivity index is 4.03. The fourth-order valence-corrected chi connectivity index (χ4v) is 3.45. The van der Waals surface area contributed by atoms with Gasteiger partial charge in [-0.05, 0) is 30.7 Å². The Bertz CT molecular complexity index is 1100. The Morgan fingerprint density at radius 2 is 1.30 bits per heavy atom. The fourth-order valence-electron chi connectivity index (χ4n) is 2.31. The van der Waals surface area contributed by atoms with Crippen LogP contribution in [0.4, 0.5) is 43.9 Å². The monoisotopic (exact) mass is 540 g/mol. The number of halogens is 10. The summed E-state index contributed by atoms with van der Waals surface area (Å²) in [4.78, 5) is -0.561. The average Bonchev–Trinajstić information content (AvgIpc) is 2.61. The van der Waals surface area contributed by atoms with E-state index in [2.05, 4.69) is 4.18 Å². The van der Waals surface area contributed by atoms with Crippen LogP contribution in [-0.2, 0) is 24.1 Å². The molecule has 0 amide bonds. The van der Waals surface area contributed by atoms with E-state index in [4.69, 9.17) is 0 Å². The lowest BCUT2D eigenvalue weighted by Crippen LogP contribution is -2.53. The molecule has 0 radical (unpaired) electrons. The summed E-state index contributed by atoms with van der Waals surface area (Å²) < 4.78 is 182. The van der Waals surface area contributed by atoms with Crippen LogP contribution in [0.3, 0.4) is 0 Å². The van der Waals surface area contributed by atoms with Crippen LogP contribution in [0.15, 0.2) is 34.7 Å². The molecule has 0 aromatic heterocycles. The van der Waals surface area contributed by atoms with Crippen LogP contribution in [0.2, 0.25) is 0 Å². The van der Waals surface area contributed by atoms with Crippen LogP contribution >= 0.6 is 0 Å². The Morgan fingerprint density at radius 1 is 0.848 bits per heavy atom. The molecule has 0 saturated carbocycles. The maximum Gasteiger partial charge on any atom is 0.534 e. The van der Waals surface area contributed by atoms with E-state index >= 15 is 0 Å². The molecule has 0 spiro atoms. The summed E-state index contributed by atoms with van der Waals surface area (Å²) in [5.74, 6) is -15.2. The smallest absolute Gasteiger partial charge is 0.375 e. The standard InChI is InChI=1S/C16H14F10O5S2/c1-3-4-11(13(17,18)14(19,20)15(21,22)23)12(31-33(29,30)16(24,25)26)9-5-7-10(8-6-9)32(2,27)28/h5-8H,3-4H2,1-2H3/b12-11-. The number of alkyl halides is 10. The lowest BCUT2D eigenvalue weighted by Gasteiger charge is -2.31. The predicted octanol–water partition coefficient (Wildman–Crippen LogP) is 5.30. The Morgan fingerprint density at radius 3 is 1.64 bits per heavy atom. The maximum absolute atomic E-state index is 14.4. The molecule has 0 unspecified atom stereocenters. The molecule has 0 atom stereocenters. The minimum atomic E-state index is -6.89. The first-order valence-electron chi connectivity index (χ1n) is 8.38. The Labute approximate surface area is 181 Å². The second-order valence-electron chi connectivity index (χ2n) is 6.48. The van der Waals surface area contributed by atoms with E-state index in [1.165, 1.54) is 0 Å². The molecule has 0 heterocycles. The van der Waals surface area contributed by atoms with Crippen molar-refractivity contribution in [1.29, 1.82) is 0 Å². The zero-order valence-corrected chi connectivity index (χ0v) is 18.0. The van der Waals surface area contributed by atoms with E-state index in [-0.39, 0.29) is 0 Å². The molecule has 0 aliphatic rings. The van der Waals surface area contributed by atoms with Gasteiger partial charge < -0.3 is 4.18 Å². The number of hydrogen-bond acceptors (Lipinski definition) is 5. The van der Waals surface area contributed by atoms with Crippen LogP contribution in [-0.4, -0.2) is 46.6 Å². The van der Waals surface area contributed by atoms with Gasteiger partial charge in [0.2, 0.25) is 0 Å². The number of rotatable bonds is 8. The molecule has 190 valence electrons. The molecular weight excluding hydrogens is 526 g/mol.